The van der Waals surface area contributed by atoms with Gasteiger partial charge in [-0.15, -0.1) is 0 Å². The Morgan fingerprint density at radius 2 is 1.40 bits per heavy atom. The number of hydrogen-bond donors (Lipinski definition) is 0. The van der Waals surface area contributed by atoms with Crippen molar-refractivity contribution in [3.8, 4) is 0 Å². The Balaban J connectivity index is 4.73. The molecule has 0 radical (unpaired) electrons. The summed E-state index contributed by atoms with van der Waals surface area (Å²) in [5.74, 6) is -1.73. The summed E-state index contributed by atoms with van der Waals surface area (Å²) in [6, 6.07) is 0. The lowest BCUT2D eigenvalue weighted by Gasteiger charge is -2.16. The van der Waals surface area contributed by atoms with Gasteiger partial charge in [-0.3, -0.25) is 13.8 Å². The van der Waals surface area contributed by atoms with E-state index in [1.165, 1.54) is 0 Å². The second-order valence-corrected chi connectivity index (χ2v) is 7.60. The van der Waals surface area contributed by atoms with Gasteiger partial charge >= 0.3 is 11.9 Å². The standard InChI is InChI=1S/C17H32O7S/c1-4-7-8-9-10-13-24-25(20,21)15(17(19)23-12-6-3)14-16(18)22-11-5-2/h15H,4-14H2,1-3H3. The fourth-order valence-corrected chi connectivity index (χ4v) is 3.15. The number of carbonyl (C=O) groups is 2. The Hall–Kier alpha value is -1.15. The van der Waals surface area contributed by atoms with E-state index in [4.69, 9.17) is 13.7 Å². The first-order chi connectivity index (χ1) is 11.9. The number of ether oxygens (including phenoxy) is 2. The molecular weight excluding hydrogens is 348 g/mol. The van der Waals surface area contributed by atoms with Crippen molar-refractivity contribution in [2.45, 2.75) is 77.4 Å². The first kappa shape index (κ1) is 23.9. The molecule has 1 atom stereocenters. The summed E-state index contributed by atoms with van der Waals surface area (Å²) in [6.07, 6.45) is 5.18. The third-order valence-electron chi connectivity index (χ3n) is 3.37. The van der Waals surface area contributed by atoms with E-state index in [0.717, 1.165) is 25.7 Å². The summed E-state index contributed by atoms with van der Waals surface area (Å²) in [4.78, 5) is 23.8. The van der Waals surface area contributed by atoms with Gasteiger partial charge in [0.2, 0.25) is 0 Å². The van der Waals surface area contributed by atoms with E-state index in [1.54, 1.807) is 6.92 Å². The minimum Gasteiger partial charge on any atom is -0.466 e. The van der Waals surface area contributed by atoms with Crippen LogP contribution in [0.25, 0.3) is 0 Å². The summed E-state index contributed by atoms with van der Waals surface area (Å²) in [5, 5.41) is -1.68. The van der Waals surface area contributed by atoms with Gasteiger partial charge in [0.25, 0.3) is 10.1 Å². The Morgan fingerprint density at radius 3 is 2.00 bits per heavy atom. The molecule has 0 fully saturated rings. The highest BCUT2D eigenvalue weighted by molar-refractivity contribution is 7.88. The van der Waals surface area contributed by atoms with Gasteiger partial charge < -0.3 is 9.47 Å². The largest absolute Gasteiger partial charge is 0.466 e. The average Bonchev–Trinajstić information content (AvgIpc) is 2.58. The van der Waals surface area contributed by atoms with Crippen molar-refractivity contribution in [2.75, 3.05) is 19.8 Å². The highest BCUT2D eigenvalue weighted by Gasteiger charge is 2.37. The minimum atomic E-state index is -4.24. The lowest BCUT2D eigenvalue weighted by Crippen LogP contribution is -2.36. The van der Waals surface area contributed by atoms with E-state index >= 15 is 0 Å². The van der Waals surface area contributed by atoms with Crippen LogP contribution in [-0.2, 0) is 33.4 Å². The summed E-state index contributed by atoms with van der Waals surface area (Å²) < 4.78 is 39.3. The molecule has 7 nitrogen and oxygen atoms in total. The molecule has 148 valence electrons. The van der Waals surface area contributed by atoms with Gasteiger partial charge in [-0.25, -0.2) is 0 Å². The van der Waals surface area contributed by atoms with Crippen LogP contribution in [0.3, 0.4) is 0 Å². The smallest absolute Gasteiger partial charge is 0.327 e. The maximum absolute atomic E-state index is 12.3. The topological polar surface area (TPSA) is 96.0 Å². The molecule has 0 rings (SSSR count). The minimum absolute atomic E-state index is 0.00634. The van der Waals surface area contributed by atoms with Crippen LogP contribution in [-0.4, -0.2) is 45.4 Å². The zero-order chi connectivity index (χ0) is 19.1. The first-order valence-electron chi connectivity index (χ1n) is 9.09. The highest BCUT2D eigenvalue weighted by atomic mass is 32.2. The summed E-state index contributed by atoms with van der Waals surface area (Å²) in [6.45, 7) is 5.95. The van der Waals surface area contributed by atoms with Gasteiger partial charge in [-0.2, -0.15) is 8.42 Å². The molecule has 0 aliphatic heterocycles. The molecule has 0 aromatic rings. The average molecular weight is 381 g/mol. The lowest BCUT2D eigenvalue weighted by molar-refractivity contribution is -0.150. The van der Waals surface area contributed by atoms with E-state index in [9.17, 15) is 18.0 Å². The fraction of sp³-hybridized carbons (Fsp3) is 0.882. The first-order valence-corrected chi connectivity index (χ1v) is 10.6. The van der Waals surface area contributed by atoms with Gasteiger partial charge in [0.15, 0.2) is 5.25 Å². The molecule has 1 unspecified atom stereocenters. The highest BCUT2D eigenvalue weighted by Crippen LogP contribution is 2.14. The van der Waals surface area contributed by atoms with E-state index < -0.39 is 33.7 Å². The predicted molar refractivity (Wildman–Crippen MR) is 94.5 cm³/mol. The second-order valence-electron chi connectivity index (χ2n) is 5.81. The molecule has 0 aliphatic rings. The van der Waals surface area contributed by atoms with Crippen molar-refractivity contribution >= 4 is 22.1 Å². The molecule has 8 heteroatoms. The molecule has 0 spiro atoms. The monoisotopic (exact) mass is 380 g/mol. The maximum Gasteiger partial charge on any atom is 0.327 e. The van der Waals surface area contributed by atoms with Crippen LogP contribution in [0.1, 0.15) is 72.1 Å². The normalized spacial score (nSPS) is 12.6. The number of rotatable bonds is 15. The molecule has 0 aromatic heterocycles. The lowest BCUT2D eigenvalue weighted by atomic mass is 10.2. The molecule has 0 bridgehead atoms. The van der Waals surface area contributed by atoms with Crippen LogP contribution in [0.5, 0.6) is 0 Å². The third kappa shape index (κ3) is 11.1. The molecule has 0 amide bonds. The van der Waals surface area contributed by atoms with Crippen LogP contribution in [0.15, 0.2) is 0 Å². The Labute approximate surface area is 151 Å². The molecular formula is C17H32O7S. The maximum atomic E-state index is 12.3. The zero-order valence-electron chi connectivity index (χ0n) is 15.6. The van der Waals surface area contributed by atoms with Crippen molar-refractivity contribution in [3.05, 3.63) is 0 Å². The van der Waals surface area contributed by atoms with E-state index in [0.29, 0.717) is 19.3 Å². The number of hydrogen-bond acceptors (Lipinski definition) is 7. The van der Waals surface area contributed by atoms with Crippen molar-refractivity contribution in [2.24, 2.45) is 0 Å². The number of unbranched alkanes of at least 4 members (excludes halogenated alkanes) is 4. The van der Waals surface area contributed by atoms with Gasteiger partial charge in [0.05, 0.1) is 26.2 Å². The molecule has 25 heavy (non-hydrogen) atoms. The summed E-state index contributed by atoms with van der Waals surface area (Å²) in [5.41, 5.74) is 0. The number of esters is 2. The van der Waals surface area contributed by atoms with E-state index in [-0.39, 0.29) is 19.8 Å². The zero-order valence-corrected chi connectivity index (χ0v) is 16.4. The fourth-order valence-electron chi connectivity index (χ4n) is 1.99. The molecule has 0 aliphatic carbocycles. The molecule has 0 saturated carbocycles. The van der Waals surface area contributed by atoms with Crippen molar-refractivity contribution in [3.63, 3.8) is 0 Å². The quantitative estimate of drug-likeness (QED) is 0.245. The molecule has 0 aromatic carbocycles. The van der Waals surface area contributed by atoms with Crippen LogP contribution < -0.4 is 0 Å². The SMILES string of the molecule is CCCCCCCOS(=O)(=O)C(CC(=O)OCCC)C(=O)OCCC. The van der Waals surface area contributed by atoms with Gasteiger partial charge in [-0.05, 0) is 19.3 Å². The molecule has 0 N–H and O–H groups in total. The van der Waals surface area contributed by atoms with Crippen molar-refractivity contribution in [1.29, 1.82) is 0 Å². The third-order valence-corrected chi connectivity index (χ3v) is 4.93. The number of carbonyl (C=O) groups excluding carboxylic acids is 2. The van der Waals surface area contributed by atoms with Crippen LogP contribution in [0, 0.1) is 0 Å². The van der Waals surface area contributed by atoms with Gasteiger partial charge in [0, 0.05) is 0 Å². The van der Waals surface area contributed by atoms with E-state index in [1.807, 2.05) is 6.92 Å². The summed E-state index contributed by atoms with van der Waals surface area (Å²) in [7, 11) is -4.24. The predicted octanol–water partition coefficient (Wildman–Crippen LogP) is 2.97. The van der Waals surface area contributed by atoms with Crippen LogP contribution in [0.4, 0.5) is 0 Å². The Bertz CT molecular complexity index is 473. The van der Waals surface area contributed by atoms with Crippen LogP contribution >= 0.6 is 0 Å². The second kappa shape index (κ2) is 14.1. The van der Waals surface area contributed by atoms with E-state index in [2.05, 4.69) is 6.92 Å². The Morgan fingerprint density at radius 1 is 0.800 bits per heavy atom. The van der Waals surface area contributed by atoms with Crippen molar-refractivity contribution in [1.82, 2.24) is 0 Å². The van der Waals surface area contributed by atoms with Crippen LogP contribution in [0.2, 0.25) is 0 Å². The molecule has 0 saturated heterocycles. The summed E-state index contributed by atoms with van der Waals surface area (Å²) >= 11 is 0. The Kier molecular flexibility index (Phi) is 13.4. The van der Waals surface area contributed by atoms with Gasteiger partial charge in [-0.1, -0.05) is 46.5 Å². The van der Waals surface area contributed by atoms with Gasteiger partial charge in [0.1, 0.15) is 0 Å². The molecule has 0 heterocycles. The van der Waals surface area contributed by atoms with Crippen molar-refractivity contribution < 1.29 is 31.7 Å².